The van der Waals surface area contributed by atoms with Crippen LogP contribution in [0, 0.1) is 0 Å². The molecule has 10 heteroatoms. The molecule has 0 aliphatic heterocycles. The van der Waals surface area contributed by atoms with Gasteiger partial charge in [-0.15, -0.1) is 0 Å². The van der Waals surface area contributed by atoms with Gasteiger partial charge in [-0.05, 0) is 59.0 Å². The molecule has 0 bridgehead atoms. The quantitative estimate of drug-likeness (QED) is 0.358. The zero-order valence-electron chi connectivity index (χ0n) is 19.7. The second kappa shape index (κ2) is 8.77. The Kier molecular flexibility index (Phi) is 6.20. The van der Waals surface area contributed by atoms with Crippen LogP contribution in [0.15, 0.2) is 71.9 Å². The minimum Gasteiger partial charge on any atom is -0.478 e. The van der Waals surface area contributed by atoms with E-state index in [1.54, 1.807) is 12.1 Å². The molecule has 0 unspecified atom stereocenters. The van der Waals surface area contributed by atoms with Crippen LogP contribution in [0.25, 0.3) is 10.9 Å². The van der Waals surface area contributed by atoms with E-state index >= 15 is 0 Å². The molecule has 2 aromatic heterocycles. The maximum atomic E-state index is 13.9. The first kappa shape index (κ1) is 25.4. The van der Waals surface area contributed by atoms with E-state index in [-0.39, 0.29) is 38.9 Å². The van der Waals surface area contributed by atoms with Crippen molar-refractivity contribution in [3.8, 4) is 0 Å². The number of carboxylic acid groups (broad SMARTS) is 1. The highest BCUT2D eigenvalue weighted by atomic mass is 32.2. The van der Waals surface area contributed by atoms with Gasteiger partial charge in [-0.3, -0.25) is 4.98 Å². The first-order valence-corrected chi connectivity index (χ1v) is 12.4. The summed E-state index contributed by atoms with van der Waals surface area (Å²) in [6.07, 6.45) is -2.12. The van der Waals surface area contributed by atoms with Crippen molar-refractivity contribution in [3.05, 3.63) is 94.9 Å². The van der Waals surface area contributed by atoms with Gasteiger partial charge in [0, 0.05) is 29.9 Å². The van der Waals surface area contributed by atoms with Gasteiger partial charge >= 0.3 is 12.1 Å². The largest absolute Gasteiger partial charge is 0.478 e. The van der Waals surface area contributed by atoms with E-state index in [2.05, 4.69) is 4.98 Å². The molecule has 188 valence electrons. The molecule has 1 N–H and O–H groups in total. The number of aromatic carboxylic acids is 1. The normalized spacial score (nSPS) is 12.7. The number of halogens is 3. The van der Waals surface area contributed by atoms with Crippen LogP contribution in [-0.2, 0) is 28.0 Å². The summed E-state index contributed by atoms with van der Waals surface area (Å²) in [5.41, 5.74) is 0.109. The van der Waals surface area contributed by atoms with Gasteiger partial charge in [-0.25, -0.2) is 17.2 Å². The summed E-state index contributed by atoms with van der Waals surface area (Å²) < 4.78 is 68.9. The molecular weight excluding hydrogens is 493 g/mol. The minimum atomic E-state index is -4.60. The Morgan fingerprint density at radius 2 is 1.69 bits per heavy atom. The van der Waals surface area contributed by atoms with E-state index in [1.165, 1.54) is 24.4 Å². The summed E-state index contributed by atoms with van der Waals surface area (Å²) in [6.45, 7) is 5.82. The van der Waals surface area contributed by atoms with Gasteiger partial charge in [0.25, 0.3) is 10.0 Å². The molecule has 0 aliphatic rings. The Bertz CT molecular complexity index is 1580. The Balaban J connectivity index is 1.95. The van der Waals surface area contributed by atoms with E-state index in [0.717, 1.165) is 33.9 Å². The molecule has 0 atom stereocenters. The summed E-state index contributed by atoms with van der Waals surface area (Å²) in [5.74, 6) is -1.20. The Morgan fingerprint density at radius 3 is 2.33 bits per heavy atom. The lowest BCUT2D eigenvalue weighted by molar-refractivity contribution is -0.137. The van der Waals surface area contributed by atoms with Crippen molar-refractivity contribution in [2.24, 2.45) is 0 Å². The number of carboxylic acids is 1. The number of nitrogens with zero attached hydrogens (tertiary/aromatic N) is 2. The average molecular weight is 517 g/mol. The third kappa shape index (κ3) is 4.86. The molecule has 0 saturated carbocycles. The van der Waals surface area contributed by atoms with Gasteiger partial charge < -0.3 is 5.11 Å². The van der Waals surface area contributed by atoms with E-state index in [0.29, 0.717) is 5.56 Å². The molecule has 2 aromatic carbocycles. The smallest absolute Gasteiger partial charge is 0.416 e. The number of carbonyl (C=O) groups is 1. The first-order valence-electron chi connectivity index (χ1n) is 10.9. The molecule has 4 aromatic rings. The molecule has 0 amide bonds. The molecule has 0 radical (unpaired) electrons. The molecule has 4 rings (SSSR count). The first-order chi connectivity index (χ1) is 16.7. The van der Waals surface area contributed by atoms with Crippen molar-refractivity contribution in [1.29, 1.82) is 0 Å². The predicted octanol–water partition coefficient (Wildman–Crippen LogP) is 5.88. The second-order valence-corrected chi connectivity index (χ2v) is 11.3. The second-order valence-electron chi connectivity index (χ2n) is 9.52. The van der Waals surface area contributed by atoms with Crippen LogP contribution >= 0.6 is 0 Å². The standard InChI is InChI=1S/C26H23F3N2O4S/c1-25(2,3)19-5-4-6-22(13-19)36(34,35)31-21(10-16-9-18(24(32)33)15-30-14-16)12-17-11-20(26(27,28)29)7-8-23(17)31/h4-9,11-15H,10H2,1-3H3,(H,32,33). The van der Waals surface area contributed by atoms with Crippen LogP contribution < -0.4 is 0 Å². The van der Waals surface area contributed by atoms with Crippen LogP contribution in [0.1, 0.15) is 53.5 Å². The highest BCUT2D eigenvalue weighted by Gasteiger charge is 2.32. The van der Waals surface area contributed by atoms with Crippen molar-refractivity contribution in [2.75, 3.05) is 0 Å². The molecule has 2 heterocycles. The molecule has 36 heavy (non-hydrogen) atoms. The average Bonchev–Trinajstić information content (AvgIpc) is 3.16. The van der Waals surface area contributed by atoms with E-state index in [9.17, 15) is 31.5 Å². The topological polar surface area (TPSA) is 89.3 Å². The molecule has 0 aliphatic carbocycles. The summed E-state index contributed by atoms with van der Waals surface area (Å²) in [6, 6.07) is 12.1. The molecule has 6 nitrogen and oxygen atoms in total. The van der Waals surface area contributed by atoms with Crippen LogP contribution in [-0.4, -0.2) is 28.5 Å². The molecule has 0 fully saturated rings. The number of hydrogen-bond acceptors (Lipinski definition) is 4. The summed E-state index contributed by atoms with van der Waals surface area (Å²) in [7, 11) is -4.23. The number of alkyl halides is 3. The van der Waals surface area contributed by atoms with Crippen molar-refractivity contribution in [3.63, 3.8) is 0 Å². The van der Waals surface area contributed by atoms with Crippen LogP contribution in [0.4, 0.5) is 13.2 Å². The van der Waals surface area contributed by atoms with Crippen LogP contribution in [0.2, 0.25) is 0 Å². The van der Waals surface area contributed by atoms with Gasteiger partial charge in [0.2, 0.25) is 0 Å². The summed E-state index contributed by atoms with van der Waals surface area (Å²) in [4.78, 5) is 15.2. The predicted molar refractivity (Wildman–Crippen MR) is 129 cm³/mol. The Labute approximate surface area is 206 Å². The van der Waals surface area contributed by atoms with Crippen molar-refractivity contribution < 1.29 is 31.5 Å². The third-order valence-electron chi connectivity index (χ3n) is 5.82. The van der Waals surface area contributed by atoms with Crippen molar-refractivity contribution >= 4 is 26.9 Å². The highest BCUT2D eigenvalue weighted by Crippen LogP contribution is 2.35. The van der Waals surface area contributed by atoms with Gasteiger partial charge in [0.05, 0.1) is 21.5 Å². The SMILES string of the molecule is CC(C)(C)c1cccc(S(=O)(=O)n2c(Cc3cncc(C(=O)O)c3)cc3cc(C(F)(F)F)ccc32)c1. The van der Waals surface area contributed by atoms with Gasteiger partial charge in [0.15, 0.2) is 0 Å². The van der Waals surface area contributed by atoms with E-state index < -0.39 is 27.7 Å². The summed E-state index contributed by atoms with van der Waals surface area (Å²) in [5, 5.41) is 9.37. The lowest BCUT2D eigenvalue weighted by atomic mass is 9.87. The number of rotatable bonds is 5. The fourth-order valence-corrected chi connectivity index (χ4v) is 5.56. The third-order valence-corrected chi connectivity index (χ3v) is 7.58. The fraction of sp³-hybridized carbons (Fsp3) is 0.231. The maximum Gasteiger partial charge on any atom is 0.416 e. The summed E-state index contributed by atoms with van der Waals surface area (Å²) >= 11 is 0. The molecule has 0 spiro atoms. The van der Waals surface area contributed by atoms with Crippen molar-refractivity contribution in [1.82, 2.24) is 8.96 Å². The van der Waals surface area contributed by atoms with E-state index in [4.69, 9.17) is 0 Å². The van der Waals surface area contributed by atoms with Crippen LogP contribution in [0.5, 0.6) is 0 Å². The zero-order valence-corrected chi connectivity index (χ0v) is 20.5. The van der Waals surface area contributed by atoms with Crippen LogP contribution in [0.3, 0.4) is 0 Å². The number of benzene rings is 2. The zero-order chi connectivity index (χ0) is 26.5. The Hall–Kier alpha value is -3.66. The maximum absolute atomic E-state index is 13.9. The number of hydrogen-bond donors (Lipinski definition) is 1. The lowest BCUT2D eigenvalue weighted by Crippen LogP contribution is -2.18. The number of pyridine rings is 1. The van der Waals surface area contributed by atoms with E-state index in [1.807, 2.05) is 26.8 Å². The highest BCUT2D eigenvalue weighted by molar-refractivity contribution is 7.90. The van der Waals surface area contributed by atoms with Crippen molar-refractivity contribution in [2.45, 2.75) is 43.7 Å². The lowest BCUT2D eigenvalue weighted by Gasteiger charge is -2.20. The Morgan fingerprint density at radius 1 is 0.972 bits per heavy atom. The number of fused-ring (bicyclic) bond motifs is 1. The molecule has 0 saturated heterocycles. The minimum absolute atomic E-state index is 0.00835. The number of aromatic nitrogens is 2. The molecular formula is C26H23F3N2O4S. The fourth-order valence-electron chi connectivity index (χ4n) is 3.97. The van der Waals surface area contributed by atoms with Gasteiger partial charge in [0.1, 0.15) is 0 Å². The monoisotopic (exact) mass is 516 g/mol. The van der Waals surface area contributed by atoms with Gasteiger partial charge in [-0.1, -0.05) is 32.9 Å². The van der Waals surface area contributed by atoms with Gasteiger partial charge in [-0.2, -0.15) is 13.2 Å².